The molecule has 214 valence electrons. The molecule has 0 aromatic heterocycles. The summed E-state index contributed by atoms with van der Waals surface area (Å²) in [6, 6.07) is 0. The van der Waals surface area contributed by atoms with Crippen molar-refractivity contribution in [2.24, 2.45) is 22.9 Å². The van der Waals surface area contributed by atoms with Gasteiger partial charge in [0.1, 0.15) is 29.4 Å². The fraction of sp³-hybridized carbons (Fsp3) is 0.677. The van der Waals surface area contributed by atoms with E-state index in [0.29, 0.717) is 36.3 Å². The predicted molar refractivity (Wildman–Crippen MR) is 146 cm³/mol. The quantitative estimate of drug-likeness (QED) is 0.192. The number of allylic oxidation sites excluding steroid dienone is 4. The number of oxime groups is 1. The van der Waals surface area contributed by atoms with Crippen LogP contribution < -0.4 is 0 Å². The molecule has 3 saturated heterocycles. The van der Waals surface area contributed by atoms with Crippen molar-refractivity contribution in [3.8, 4) is 0 Å². The summed E-state index contributed by atoms with van der Waals surface area (Å²) in [5, 5.41) is 25.2. The smallest absolute Gasteiger partial charge is 0.316 e. The Bertz CT molecular complexity index is 1120. The number of aliphatic hydroxyl groups is 1. The van der Waals surface area contributed by atoms with Gasteiger partial charge in [0.05, 0.1) is 18.8 Å². The van der Waals surface area contributed by atoms with Crippen LogP contribution in [0.25, 0.3) is 0 Å². The molecule has 3 fully saturated rings. The summed E-state index contributed by atoms with van der Waals surface area (Å²) >= 11 is 0. The summed E-state index contributed by atoms with van der Waals surface area (Å²) < 4.78 is 25.3. The van der Waals surface area contributed by atoms with E-state index in [1.165, 1.54) is 5.57 Å². The predicted octanol–water partition coefficient (Wildman–Crippen LogP) is 5.00. The van der Waals surface area contributed by atoms with Gasteiger partial charge in [-0.05, 0) is 63.0 Å². The van der Waals surface area contributed by atoms with Crippen molar-refractivity contribution >= 4 is 11.7 Å². The average Bonchev–Trinajstić information content (AvgIpc) is 3.21. The Balaban J connectivity index is 1.53. The molecule has 2 bridgehead atoms. The van der Waals surface area contributed by atoms with Gasteiger partial charge >= 0.3 is 5.97 Å². The average molecular weight is 542 g/mol. The lowest BCUT2D eigenvalue weighted by molar-refractivity contribution is -0.332. The van der Waals surface area contributed by atoms with E-state index in [2.05, 4.69) is 45.0 Å². The summed E-state index contributed by atoms with van der Waals surface area (Å²) in [6.45, 7) is 10.4. The van der Waals surface area contributed by atoms with Gasteiger partial charge in [0.15, 0.2) is 5.79 Å². The second-order valence-corrected chi connectivity index (χ2v) is 12.4. The largest absolute Gasteiger partial charge is 0.462 e. The van der Waals surface area contributed by atoms with Crippen molar-refractivity contribution in [2.45, 2.75) is 109 Å². The summed E-state index contributed by atoms with van der Waals surface area (Å²) in [6.07, 6.45) is 12.6. The standard InChI is InChI=1S/C31H43NO7/c1-18-7-6-8-23-17-36-28-27(32-35)21(4)14-26(31(23,28)34)29(33)37-25-15-24(10-9-19(2)13-18)39-30(16-25)12-11-20(3)22(5)38-30/h6-9,14,18,20,22,24-26,28,34-35H,10-13,15-17H2,1-5H3/b7-6+,19-9+,23-8-,32-27+/t18-,20-,22?,24+,25-,26-,28+,30+,31-/m0/s1. The van der Waals surface area contributed by atoms with E-state index in [1.54, 1.807) is 13.0 Å². The lowest BCUT2D eigenvalue weighted by Crippen LogP contribution is -2.57. The van der Waals surface area contributed by atoms with Crippen LogP contribution in [0, 0.1) is 17.8 Å². The summed E-state index contributed by atoms with van der Waals surface area (Å²) in [7, 11) is 0. The molecule has 5 aliphatic rings. The van der Waals surface area contributed by atoms with Crippen molar-refractivity contribution in [1.82, 2.24) is 0 Å². The maximum atomic E-state index is 13.9. The highest BCUT2D eigenvalue weighted by molar-refractivity contribution is 6.06. The van der Waals surface area contributed by atoms with Gasteiger partial charge in [0.2, 0.25) is 0 Å². The van der Waals surface area contributed by atoms with Crippen molar-refractivity contribution in [3.63, 3.8) is 0 Å². The number of ether oxygens (including phenoxy) is 4. The zero-order valence-corrected chi connectivity index (χ0v) is 23.8. The van der Waals surface area contributed by atoms with Crippen LogP contribution in [0.4, 0.5) is 0 Å². The number of fused-ring (bicyclic) bond motifs is 2. The van der Waals surface area contributed by atoms with Crippen LogP contribution in [0.2, 0.25) is 0 Å². The van der Waals surface area contributed by atoms with Crippen LogP contribution >= 0.6 is 0 Å². The minimum atomic E-state index is -1.72. The first-order valence-corrected chi connectivity index (χ1v) is 14.4. The van der Waals surface area contributed by atoms with Crippen LogP contribution in [0.5, 0.6) is 0 Å². The maximum Gasteiger partial charge on any atom is 0.316 e. The molecule has 8 heteroatoms. The molecule has 0 saturated carbocycles. The Labute approximate surface area is 231 Å². The van der Waals surface area contributed by atoms with Gasteiger partial charge in [-0.3, -0.25) is 4.79 Å². The van der Waals surface area contributed by atoms with E-state index < -0.39 is 35.5 Å². The molecule has 39 heavy (non-hydrogen) atoms. The van der Waals surface area contributed by atoms with Gasteiger partial charge in [0, 0.05) is 19.3 Å². The van der Waals surface area contributed by atoms with Crippen LogP contribution in [-0.2, 0) is 23.7 Å². The van der Waals surface area contributed by atoms with E-state index in [9.17, 15) is 15.1 Å². The van der Waals surface area contributed by atoms with Crippen LogP contribution in [0.3, 0.4) is 0 Å². The van der Waals surface area contributed by atoms with Gasteiger partial charge in [-0.15, -0.1) is 0 Å². The maximum absolute atomic E-state index is 13.9. The fourth-order valence-corrected chi connectivity index (χ4v) is 6.85. The van der Waals surface area contributed by atoms with Crippen LogP contribution in [0.1, 0.15) is 73.1 Å². The molecule has 0 aromatic carbocycles. The summed E-state index contributed by atoms with van der Waals surface area (Å²) in [5.41, 5.74) is 0.916. The number of esters is 1. The van der Waals surface area contributed by atoms with Gasteiger partial charge in [0.25, 0.3) is 0 Å². The van der Waals surface area contributed by atoms with Gasteiger partial charge in [-0.25, -0.2) is 0 Å². The molecular weight excluding hydrogens is 498 g/mol. The fourth-order valence-electron chi connectivity index (χ4n) is 6.85. The highest BCUT2D eigenvalue weighted by Crippen LogP contribution is 2.46. The van der Waals surface area contributed by atoms with Crippen molar-refractivity contribution in [3.05, 3.63) is 47.1 Å². The number of nitrogens with zero attached hydrogens (tertiary/aromatic N) is 1. The molecule has 8 nitrogen and oxygen atoms in total. The van der Waals surface area contributed by atoms with Crippen molar-refractivity contribution < 1.29 is 34.1 Å². The number of carbonyl (C=O) groups is 1. The monoisotopic (exact) mass is 541 g/mol. The Hall–Kier alpha value is -2.26. The van der Waals surface area contributed by atoms with Crippen molar-refractivity contribution in [2.75, 3.05) is 6.61 Å². The number of hydrogen-bond acceptors (Lipinski definition) is 8. The zero-order chi connectivity index (χ0) is 27.9. The first kappa shape index (κ1) is 28.3. The summed E-state index contributed by atoms with van der Waals surface area (Å²) in [4.78, 5) is 13.9. The van der Waals surface area contributed by atoms with E-state index >= 15 is 0 Å². The first-order valence-electron chi connectivity index (χ1n) is 14.4. The van der Waals surface area contributed by atoms with Crippen molar-refractivity contribution in [1.29, 1.82) is 0 Å². The molecular formula is C31H43NO7. The number of carbonyl (C=O) groups excluding carboxylic acids is 1. The summed E-state index contributed by atoms with van der Waals surface area (Å²) in [5.74, 6) is -1.62. The number of rotatable bonds is 0. The first-order chi connectivity index (χ1) is 18.5. The molecule has 1 unspecified atom stereocenters. The molecule has 0 amide bonds. The highest BCUT2D eigenvalue weighted by Gasteiger charge is 2.59. The second-order valence-electron chi connectivity index (χ2n) is 12.4. The third-order valence-electron chi connectivity index (χ3n) is 9.25. The normalized spacial score (nSPS) is 47.8. The Morgan fingerprint density at radius 1 is 1.13 bits per heavy atom. The third-order valence-corrected chi connectivity index (χ3v) is 9.25. The molecule has 4 heterocycles. The van der Waals surface area contributed by atoms with E-state index in [1.807, 2.05) is 12.2 Å². The molecule has 9 atom stereocenters. The van der Waals surface area contributed by atoms with Crippen LogP contribution in [0.15, 0.2) is 52.3 Å². The van der Waals surface area contributed by atoms with E-state index in [0.717, 1.165) is 19.3 Å². The topological polar surface area (TPSA) is 107 Å². The lowest BCUT2D eigenvalue weighted by Gasteiger charge is -2.49. The molecule has 5 rings (SSSR count). The SMILES string of the molecule is CC1=C[C@H]2C(=O)O[C@H]3C[C@@H](C/C=C(\C)C[C@@H](C)/C=C/C=C4/CO[C@H](/C1=N/O)[C@]42O)O[C@]1(CC[C@H](C)C(C)O1)C3. The minimum absolute atomic E-state index is 0.0431. The second kappa shape index (κ2) is 11.0. The van der Waals surface area contributed by atoms with Gasteiger partial charge in [-0.2, -0.15) is 0 Å². The minimum Gasteiger partial charge on any atom is -0.462 e. The van der Waals surface area contributed by atoms with E-state index in [4.69, 9.17) is 18.9 Å². The highest BCUT2D eigenvalue weighted by atomic mass is 16.7. The van der Waals surface area contributed by atoms with Gasteiger partial charge in [-0.1, -0.05) is 55.0 Å². The van der Waals surface area contributed by atoms with Crippen LogP contribution in [-0.4, -0.2) is 64.4 Å². The van der Waals surface area contributed by atoms with Gasteiger partial charge < -0.3 is 29.3 Å². The molecule has 0 radical (unpaired) electrons. The molecule has 1 aliphatic carbocycles. The Morgan fingerprint density at radius 2 is 1.92 bits per heavy atom. The third kappa shape index (κ3) is 5.41. The number of hydrogen-bond donors (Lipinski definition) is 2. The zero-order valence-electron chi connectivity index (χ0n) is 23.8. The molecule has 2 N–H and O–H groups in total. The Morgan fingerprint density at radius 3 is 2.67 bits per heavy atom. The lowest BCUT2D eigenvalue weighted by atomic mass is 9.71. The van der Waals surface area contributed by atoms with E-state index in [-0.39, 0.29) is 30.4 Å². The molecule has 4 aliphatic heterocycles. The molecule has 0 aromatic rings. The Kier molecular flexibility index (Phi) is 7.94. The molecule has 1 spiro atoms.